The number of non-ortho nitro benzene ring substituents is 1. The van der Waals surface area contributed by atoms with Crippen LogP contribution in [0.4, 0.5) is 17.1 Å². The number of carbonyl (C=O) groups excluding carboxylic acids is 2. The van der Waals surface area contributed by atoms with Gasteiger partial charge in [0.15, 0.2) is 0 Å². The molecule has 37 heavy (non-hydrogen) atoms. The number of para-hydroxylation sites is 1. The van der Waals surface area contributed by atoms with Gasteiger partial charge in [0.1, 0.15) is 6.54 Å². The van der Waals surface area contributed by atoms with Gasteiger partial charge in [-0.1, -0.05) is 36.4 Å². The number of sulfonamides is 1. The monoisotopic (exact) mass is 526 g/mol. The Bertz CT molecular complexity index is 1360. The van der Waals surface area contributed by atoms with Gasteiger partial charge in [-0.25, -0.2) is 8.42 Å². The molecule has 0 atom stereocenters. The zero-order valence-corrected chi connectivity index (χ0v) is 20.8. The Labute approximate surface area is 214 Å². The maximum absolute atomic E-state index is 13.5. The summed E-state index contributed by atoms with van der Waals surface area (Å²) in [6, 6.07) is 18.7. The Balaban J connectivity index is 1.89. The molecule has 0 aliphatic carbocycles. The van der Waals surface area contributed by atoms with Gasteiger partial charge in [-0.15, -0.1) is 0 Å². The highest BCUT2D eigenvalue weighted by Crippen LogP contribution is 2.27. The molecule has 12 heteroatoms. The van der Waals surface area contributed by atoms with E-state index in [-0.39, 0.29) is 27.5 Å². The van der Waals surface area contributed by atoms with Crippen LogP contribution in [-0.4, -0.2) is 52.0 Å². The lowest BCUT2D eigenvalue weighted by Gasteiger charge is -2.24. The molecule has 2 amide bonds. The molecule has 0 aliphatic rings. The van der Waals surface area contributed by atoms with Crippen molar-refractivity contribution in [3.05, 3.63) is 94.5 Å². The number of nitro groups is 1. The van der Waals surface area contributed by atoms with Gasteiger partial charge in [-0.3, -0.25) is 24.0 Å². The van der Waals surface area contributed by atoms with Crippen molar-refractivity contribution < 1.29 is 27.7 Å². The summed E-state index contributed by atoms with van der Waals surface area (Å²) in [6.07, 6.45) is 0.603. The van der Waals surface area contributed by atoms with E-state index in [0.29, 0.717) is 19.6 Å². The molecule has 0 fully saturated rings. The van der Waals surface area contributed by atoms with Gasteiger partial charge in [0.2, 0.25) is 5.91 Å². The second-order valence-corrected chi connectivity index (χ2v) is 9.66. The molecular weight excluding hydrogens is 500 g/mol. The third-order valence-corrected chi connectivity index (χ3v) is 6.99. The van der Waals surface area contributed by atoms with Crippen LogP contribution in [0.3, 0.4) is 0 Å². The van der Waals surface area contributed by atoms with Crippen LogP contribution < -0.4 is 14.9 Å². The predicted molar refractivity (Wildman–Crippen MR) is 138 cm³/mol. The standard InChI is InChI=1S/C25H26N4O7S/c1-36-16-8-15-26-25(31)22-13-5-6-14-23(22)27-24(30)18-28(19-9-7-10-20(17-19)29(32)33)37(34,35)21-11-3-2-4-12-21/h2-7,9-14,17H,8,15-16,18H2,1H3,(H,26,31)(H,27,30). The van der Waals surface area contributed by atoms with Crippen molar-refractivity contribution in [3.63, 3.8) is 0 Å². The van der Waals surface area contributed by atoms with Crippen molar-refractivity contribution in [2.24, 2.45) is 0 Å². The maximum Gasteiger partial charge on any atom is 0.271 e. The van der Waals surface area contributed by atoms with Crippen LogP contribution in [0, 0.1) is 10.1 Å². The molecule has 0 saturated carbocycles. The Morgan fingerprint density at radius 1 is 1.00 bits per heavy atom. The minimum absolute atomic E-state index is 0.0580. The zero-order valence-electron chi connectivity index (χ0n) is 20.0. The molecule has 0 radical (unpaired) electrons. The highest BCUT2D eigenvalue weighted by molar-refractivity contribution is 7.92. The summed E-state index contributed by atoms with van der Waals surface area (Å²) < 4.78 is 32.6. The Morgan fingerprint density at radius 3 is 2.41 bits per heavy atom. The summed E-state index contributed by atoms with van der Waals surface area (Å²) in [5, 5.41) is 16.6. The number of ether oxygens (including phenoxy) is 1. The summed E-state index contributed by atoms with van der Waals surface area (Å²) in [5.41, 5.74) is -0.00652. The zero-order chi connectivity index (χ0) is 26.8. The summed E-state index contributed by atoms with van der Waals surface area (Å²) in [5.74, 6) is -1.16. The number of amides is 2. The second-order valence-electron chi connectivity index (χ2n) is 7.80. The minimum atomic E-state index is -4.27. The van der Waals surface area contributed by atoms with E-state index in [1.165, 1.54) is 54.6 Å². The summed E-state index contributed by atoms with van der Waals surface area (Å²) in [4.78, 5) is 36.2. The molecule has 0 aromatic heterocycles. The summed E-state index contributed by atoms with van der Waals surface area (Å²) >= 11 is 0. The number of anilines is 2. The number of carbonyl (C=O) groups is 2. The highest BCUT2D eigenvalue weighted by Gasteiger charge is 2.28. The number of nitro benzene ring substituents is 1. The fraction of sp³-hybridized carbons (Fsp3) is 0.200. The normalized spacial score (nSPS) is 10.9. The van der Waals surface area contributed by atoms with Gasteiger partial charge in [0.25, 0.3) is 21.6 Å². The van der Waals surface area contributed by atoms with Crippen LogP contribution in [0.15, 0.2) is 83.8 Å². The molecule has 0 spiro atoms. The van der Waals surface area contributed by atoms with Gasteiger partial charge in [0, 0.05) is 32.4 Å². The van der Waals surface area contributed by atoms with Gasteiger partial charge in [0.05, 0.1) is 26.8 Å². The second kappa shape index (κ2) is 12.6. The van der Waals surface area contributed by atoms with Crippen molar-refractivity contribution in [1.82, 2.24) is 5.32 Å². The largest absolute Gasteiger partial charge is 0.385 e. The average molecular weight is 527 g/mol. The lowest BCUT2D eigenvalue weighted by Crippen LogP contribution is -2.38. The fourth-order valence-corrected chi connectivity index (χ4v) is 4.85. The number of nitrogens with one attached hydrogen (secondary N) is 2. The molecular formula is C25H26N4O7S. The quantitative estimate of drug-likeness (QED) is 0.209. The predicted octanol–water partition coefficient (Wildman–Crippen LogP) is 3.20. The summed E-state index contributed by atoms with van der Waals surface area (Å²) in [6.45, 7) is 0.148. The van der Waals surface area contributed by atoms with Crippen molar-refractivity contribution in [3.8, 4) is 0 Å². The Hall–Kier alpha value is -4.29. The van der Waals surface area contributed by atoms with Crippen LogP contribution in [0.2, 0.25) is 0 Å². The van der Waals surface area contributed by atoms with Crippen molar-refractivity contribution in [2.75, 3.05) is 36.4 Å². The van der Waals surface area contributed by atoms with Gasteiger partial charge < -0.3 is 15.4 Å². The van der Waals surface area contributed by atoms with Gasteiger partial charge in [-0.05, 0) is 36.8 Å². The molecule has 3 rings (SSSR count). The number of benzene rings is 3. The topological polar surface area (TPSA) is 148 Å². The van der Waals surface area contributed by atoms with Crippen molar-refractivity contribution in [1.29, 1.82) is 0 Å². The molecule has 0 unspecified atom stereocenters. The first kappa shape index (κ1) is 27.3. The molecule has 0 saturated heterocycles. The molecule has 3 aromatic rings. The van der Waals surface area contributed by atoms with E-state index in [9.17, 15) is 28.1 Å². The van der Waals surface area contributed by atoms with E-state index < -0.39 is 33.3 Å². The minimum Gasteiger partial charge on any atom is -0.385 e. The lowest BCUT2D eigenvalue weighted by atomic mass is 10.1. The SMILES string of the molecule is COCCCNC(=O)c1ccccc1NC(=O)CN(c1cccc([N+](=O)[O-])c1)S(=O)(=O)c1ccccc1. The molecule has 0 heterocycles. The number of hydrogen-bond acceptors (Lipinski definition) is 7. The maximum atomic E-state index is 13.5. The van der Waals surface area contributed by atoms with Crippen LogP contribution in [0.25, 0.3) is 0 Å². The highest BCUT2D eigenvalue weighted by atomic mass is 32.2. The first-order valence-corrected chi connectivity index (χ1v) is 12.7. The van der Waals surface area contributed by atoms with E-state index in [1.54, 1.807) is 25.3 Å². The Morgan fingerprint density at radius 2 is 1.70 bits per heavy atom. The summed E-state index contributed by atoms with van der Waals surface area (Å²) in [7, 11) is -2.71. The van der Waals surface area contributed by atoms with E-state index in [4.69, 9.17) is 4.74 Å². The molecule has 0 bridgehead atoms. The molecule has 2 N–H and O–H groups in total. The van der Waals surface area contributed by atoms with Crippen molar-refractivity contribution >= 4 is 38.9 Å². The number of hydrogen-bond donors (Lipinski definition) is 2. The molecule has 194 valence electrons. The van der Waals surface area contributed by atoms with Crippen molar-refractivity contribution in [2.45, 2.75) is 11.3 Å². The average Bonchev–Trinajstić information content (AvgIpc) is 2.90. The first-order chi connectivity index (χ1) is 17.7. The van der Waals surface area contributed by atoms with E-state index in [2.05, 4.69) is 10.6 Å². The van der Waals surface area contributed by atoms with Gasteiger partial charge in [-0.2, -0.15) is 0 Å². The van der Waals surface area contributed by atoms with Gasteiger partial charge >= 0.3 is 0 Å². The molecule has 11 nitrogen and oxygen atoms in total. The third kappa shape index (κ3) is 7.12. The smallest absolute Gasteiger partial charge is 0.271 e. The third-order valence-electron chi connectivity index (χ3n) is 5.20. The van der Waals surface area contributed by atoms with Crippen LogP contribution in [0.5, 0.6) is 0 Å². The van der Waals surface area contributed by atoms with E-state index in [1.807, 2.05) is 0 Å². The lowest BCUT2D eigenvalue weighted by molar-refractivity contribution is -0.384. The molecule has 3 aromatic carbocycles. The van der Waals surface area contributed by atoms with E-state index >= 15 is 0 Å². The molecule has 0 aliphatic heterocycles. The van der Waals surface area contributed by atoms with Crippen LogP contribution in [-0.2, 0) is 19.6 Å². The first-order valence-electron chi connectivity index (χ1n) is 11.2. The van der Waals surface area contributed by atoms with Crippen LogP contribution in [0.1, 0.15) is 16.8 Å². The number of methoxy groups -OCH3 is 1. The van der Waals surface area contributed by atoms with Crippen LogP contribution >= 0.6 is 0 Å². The Kier molecular flexibility index (Phi) is 9.30. The number of rotatable bonds is 12. The fourth-order valence-electron chi connectivity index (χ4n) is 3.42. The van der Waals surface area contributed by atoms with E-state index in [0.717, 1.165) is 10.4 Å². The number of nitrogens with zero attached hydrogens (tertiary/aromatic N) is 2.